The summed E-state index contributed by atoms with van der Waals surface area (Å²) in [4.78, 5) is 11.8. The summed E-state index contributed by atoms with van der Waals surface area (Å²) in [6.45, 7) is 0.0679. The summed E-state index contributed by atoms with van der Waals surface area (Å²) in [5.74, 6) is -1.78. The molecule has 0 aliphatic heterocycles. The van der Waals surface area contributed by atoms with Gasteiger partial charge in [0.15, 0.2) is 0 Å². The number of benzene rings is 2. The average Bonchev–Trinajstić information content (AvgIpc) is 2.51. The van der Waals surface area contributed by atoms with Crippen LogP contribution in [0, 0.1) is 23.0 Å². The van der Waals surface area contributed by atoms with Gasteiger partial charge in [-0.3, -0.25) is 4.79 Å². The first-order valence-electron chi connectivity index (χ1n) is 6.58. The molecular weight excluding hydrogens is 288 g/mol. The summed E-state index contributed by atoms with van der Waals surface area (Å²) < 4.78 is 26.8. The van der Waals surface area contributed by atoms with Crippen LogP contribution in [-0.4, -0.2) is 12.5 Å². The van der Waals surface area contributed by atoms with E-state index in [1.807, 2.05) is 6.07 Å². The highest BCUT2D eigenvalue weighted by Crippen LogP contribution is 2.18. The normalized spacial score (nSPS) is 9.86. The van der Waals surface area contributed by atoms with Crippen LogP contribution in [0.5, 0.6) is 0 Å². The van der Waals surface area contributed by atoms with Gasteiger partial charge >= 0.3 is 0 Å². The maximum absolute atomic E-state index is 13.4. The number of rotatable bonds is 5. The first-order valence-corrected chi connectivity index (χ1v) is 6.58. The van der Waals surface area contributed by atoms with E-state index in [1.165, 1.54) is 6.07 Å². The summed E-state index contributed by atoms with van der Waals surface area (Å²) >= 11 is 0. The van der Waals surface area contributed by atoms with Gasteiger partial charge in [-0.05, 0) is 24.3 Å². The summed E-state index contributed by atoms with van der Waals surface area (Å²) in [6, 6.07) is 12.1. The number of nitriles is 1. The molecule has 22 heavy (non-hydrogen) atoms. The highest BCUT2D eigenvalue weighted by atomic mass is 19.1. The molecule has 1 amide bonds. The van der Waals surface area contributed by atoms with Crippen LogP contribution >= 0.6 is 0 Å². The first-order chi connectivity index (χ1) is 10.6. The molecule has 0 fully saturated rings. The van der Waals surface area contributed by atoms with Crippen LogP contribution in [0.3, 0.4) is 0 Å². The maximum Gasteiger partial charge on any atom is 0.226 e. The van der Waals surface area contributed by atoms with Crippen LogP contribution in [0.1, 0.15) is 12.0 Å². The number of amides is 1. The van der Waals surface area contributed by atoms with Gasteiger partial charge in [0.25, 0.3) is 0 Å². The number of carbonyl (C=O) groups excluding carboxylic acids is 1. The van der Waals surface area contributed by atoms with Crippen LogP contribution in [0.4, 0.5) is 20.2 Å². The Bertz CT molecular complexity index is 705. The zero-order valence-corrected chi connectivity index (χ0v) is 11.6. The largest absolute Gasteiger partial charge is 0.380 e. The molecule has 4 nitrogen and oxygen atoms in total. The van der Waals surface area contributed by atoms with Gasteiger partial charge < -0.3 is 10.6 Å². The van der Waals surface area contributed by atoms with Crippen molar-refractivity contribution in [2.75, 3.05) is 17.2 Å². The van der Waals surface area contributed by atoms with Gasteiger partial charge in [0.1, 0.15) is 23.4 Å². The zero-order valence-electron chi connectivity index (χ0n) is 11.6. The average molecular weight is 301 g/mol. The van der Waals surface area contributed by atoms with Gasteiger partial charge in [0, 0.05) is 13.0 Å². The first kappa shape index (κ1) is 15.4. The molecule has 0 radical (unpaired) electrons. The van der Waals surface area contributed by atoms with Crippen molar-refractivity contribution >= 4 is 17.3 Å². The predicted octanol–water partition coefficient (Wildman–Crippen LogP) is 3.28. The Labute approximate surface area is 126 Å². The minimum Gasteiger partial charge on any atom is -0.380 e. The van der Waals surface area contributed by atoms with E-state index < -0.39 is 11.6 Å². The number of halogens is 2. The van der Waals surface area contributed by atoms with Crippen molar-refractivity contribution in [2.45, 2.75) is 6.42 Å². The molecule has 112 valence electrons. The number of anilines is 2. The van der Waals surface area contributed by atoms with Crippen LogP contribution in [0.25, 0.3) is 0 Å². The van der Waals surface area contributed by atoms with Gasteiger partial charge in [-0.25, -0.2) is 8.78 Å². The lowest BCUT2D eigenvalue weighted by molar-refractivity contribution is -0.115. The Hall–Kier alpha value is -2.94. The van der Waals surface area contributed by atoms with Gasteiger partial charge in [-0.1, -0.05) is 18.2 Å². The number of hydrogen-bond acceptors (Lipinski definition) is 3. The summed E-state index contributed by atoms with van der Waals surface area (Å²) in [5.41, 5.74) is 0.503. The highest BCUT2D eigenvalue weighted by Gasteiger charge is 2.09. The van der Waals surface area contributed by atoms with E-state index in [9.17, 15) is 13.6 Å². The number of nitrogens with zero attached hydrogens (tertiary/aromatic N) is 1. The van der Waals surface area contributed by atoms with Crippen LogP contribution < -0.4 is 10.6 Å². The molecule has 0 spiro atoms. The molecular formula is C16H13F2N3O. The Kier molecular flexibility index (Phi) is 5.04. The molecule has 0 atom stereocenters. The van der Waals surface area contributed by atoms with Crippen molar-refractivity contribution in [3.63, 3.8) is 0 Å². The van der Waals surface area contributed by atoms with Gasteiger partial charge in [0.05, 0.1) is 11.3 Å². The lowest BCUT2D eigenvalue weighted by atomic mass is 10.2. The van der Waals surface area contributed by atoms with Crippen LogP contribution in [0.2, 0.25) is 0 Å². The minimum atomic E-state index is -0.713. The van der Waals surface area contributed by atoms with Crippen molar-refractivity contribution in [3.8, 4) is 6.07 Å². The Morgan fingerprint density at radius 3 is 2.45 bits per heavy atom. The molecule has 0 aliphatic rings. The fraction of sp³-hybridized carbons (Fsp3) is 0.125. The Balaban J connectivity index is 1.90. The molecule has 0 unspecified atom stereocenters. The molecule has 0 saturated carbocycles. The second kappa shape index (κ2) is 7.18. The molecule has 0 aliphatic carbocycles. The van der Waals surface area contributed by atoms with E-state index >= 15 is 0 Å². The van der Waals surface area contributed by atoms with Gasteiger partial charge in [0.2, 0.25) is 5.91 Å². The van der Waals surface area contributed by atoms with E-state index in [4.69, 9.17) is 5.26 Å². The van der Waals surface area contributed by atoms with Gasteiger partial charge in [-0.15, -0.1) is 0 Å². The van der Waals surface area contributed by atoms with Crippen molar-refractivity contribution in [1.29, 1.82) is 5.26 Å². The molecule has 0 saturated heterocycles. The molecule has 2 N–H and O–H groups in total. The third kappa shape index (κ3) is 3.79. The highest BCUT2D eigenvalue weighted by molar-refractivity contribution is 5.92. The second-order valence-corrected chi connectivity index (χ2v) is 4.48. The van der Waals surface area contributed by atoms with Crippen molar-refractivity contribution in [1.82, 2.24) is 0 Å². The Morgan fingerprint density at radius 1 is 1.09 bits per heavy atom. The fourth-order valence-electron chi connectivity index (χ4n) is 1.87. The van der Waals surface area contributed by atoms with Crippen molar-refractivity contribution < 1.29 is 13.6 Å². The molecule has 0 aromatic heterocycles. The third-order valence-electron chi connectivity index (χ3n) is 2.94. The SMILES string of the molecule is N#Cc1ccccc1NC(=O)CCNc1c(F)cccc1F. The lowest BCUT2D eigenvalue weighted by Gasteiger charge is -2.09. The van der Waals surface area contributed by atoms with Crippen molar-refractivity contribution in [3.05, 3.63) is 59.7 Å². The molecule has 2 aromatic rings. The number of hydrogen-bond donors (Lipinski definition) is 2. The summed E-state index contributed by atoms with van der Waals surface area (Å²) in [6.07, 6.45) is 0.00748. The van der Waals surface area contributed by atoms with E-state index in [-0.39, 0.29) is 24.6 Å². The molecule has 2 aromatic carbocycles. The smallest absolute Gasteiger partial charge is 0.226 e. The van der Waals surface area contributed by atoms with Crippen molar-refractivity contribution in [2.24, 2.45) is 0 Å². The predicted molar refractivity (Wildman–Crippen MR) is 79.3 cm³/mol. The van der Waals surface area contributed by atoms with Crippen LogP contribution in [0.15, 0.2) is 42.5 Å². The van der Waals surface area contributed by atoms with E-state index in [0.29, 0.717) is 11.3 Å². The molecule has 0 bridgehead atoms. The standard InChI is InChI=1S/C16H13F2N3O/c17-12-5-3-6-13(18)16(12)20-9-8-15(22)21-14-7-2-1-4-11(14)10-19/h1-7,20H,8-9H2,(H,21,22). The monoisotopic (exact) mass is 301 g/mol. The number of para-hydroxylation sites is 2. The minimum absolute atomic E-state index is 0.00748. The zero-order chi connectivity index (χ0) is 15.9. The Morgan fingerprint density at radius 2 is 1.77 bits per heavy atom. The molecule has 6 heteroatoms. The van der Waals surface area contributed by atoms with Crippen LogP contribution in [-0.2, 0) is 4.79 Å². The fourth-order valence-corrected chi connectivity index (χ4v) is 1.87. The summed E-state index contributed by atoms with van der Waals surface area (Å²) in [7, 11) is 0. The number of carbonyl (C=O) groups is 1. The maximum atomic E-state index is 13.4. The second-order valence-electron chi connectivity index (χ2n) is 4.48. The summed E-state index contributed by atoms with van der Waals surface area (Å²) in [5, 5.41) is 14.1. The molecule has 2 rings (SSSR count). The van der Waals surface area contributed by atoms with E-state index in [2.05, 4.69) is 10.6 Å². The topological polar surface area (TPSA) is 64.9 Å². The lowest BCUT2D eigenvalue weighted by Crippen LogP contribution is -2.17. The van der Waals surface area contributed by atoms with E-state index in [1.54, 1.807) is 24.3 Å². The van der Waals surface area contributed by atoms with Gasteiger partial charge in [-0.2, -0.15) is 5.26 Å². The third-order valence-corrected chi connectivity index (χ3v) is 2.94. The molecule has 0 heterocycles. The van der Waals surface area contributed by atoms with E-state index in [0.717, 1.165) is 12.1 Å². The number of nitrogens with one attached hydrogen (secondary N) is 2. The quantitative estimate of drug-likeness (QED) is 0.890.